The van der Waals surface area contributed by atoms with E-state index >= 15 is 0 Å². The summed E-state index contributed by atoms with van der Waals surface area (Å²) in [6, 6.07) is 22.6. The molecule has 2 amide bonds. The normalized spacial score (nSPS) is 13.7. The van der Waals surface area contributed by atoms with Crippen molar-refractivity contribution >= 4 is 34.4 Å². The van der Waals surface area contributed by atoms with Gasteiger partial charge < -0.3 is 10.2 Å². The molecule has 0 aromatic heterocycles. The Morgan fingerprint density at radius 3 is 2.06 bits per heavy atom. The second kappa shape index (κ2) is 8.11. The van der Waals surface area contributed by atoms with Gasteiger partial charge in [-0.15, -0.1) is 0 Å². The molecule has 0 bridgehead atoms. The van der Waals surface area contributed by atoms with Gasteiger partial charge in [0.2, 0.25) is 0 Å². The van der Waals surface area contributed by atoms with Gasteiger partial charge in [-0.2, -0.15) is 0 Å². The van der Waals surface area contributed by atoms with Crippen molar-refractivity contribution in [3.05, 3.63) is 95.2 Å². The fourth-order valence-electron chi connectivity index (χ4n) is 3.61. The van der Waals surface area contributed by atoms with Gasteiger partial charge >= 0.3 is 0 Å². The molecule has 5 nitrogen and oxygen atoms in total. The predicted octanol–water partition coefficient (Wildman–Crippen LogP) is 4.77. The molecule has 3 aromatic carbocycles. The first-order chi connectivity index (χ1) is 14.9. The van der Waals surface area contributed by atoms with Crippen LogP contribution >= 0.6 is 0 Å². The average molecular weight is 412 g/mol. The van der Waals surface area contributed by atoms with Crippen LogP contribution in [0.15, 0.2) is 78.5 Å². The van der Waals surface area contributed by atoms with Crippen LogP contribution in [0.5, 0.6) is 0 Å². The quantitative estimate of drug-likeness (QED) is 0.615. The van der Waals surface area contributed by atoms with Crippen molar-refractivity contribution < 1.29 is 9.59 Å². The molecule has 0 fully saturated rings. The van der Waals surface area contributed by atoms with E-state index in [4.69, 9.17) is 0 Å². The van der Waals surface area contributed by atoms with Gasteiger partial charge in [0.05, 0.1) is 11.3 Å². The van der Waals surface area contributed by atoms with E-state index in [1.807, 2.05) is 93.5 Å². The van der Waals surface area contributed by atoms with Crippen LogP contribution in [0, 0.1) is 13.8 Å². The summed E-state index contributed by atoms with van der Waals surface area (Å²) in [5, 5.41) is 3.22. The molecule has 3 aromatic rings. The molecule has 1 aliphatic rings. The van der Waals surface area contributed by atoms with Crippen molar-refractivity contribution in [1.82, 2.24) is 0 Å². The second-order valence-corrected chi connectivity index (χ2v) is 7.90. The van der Waals surface area contributed by atoms with E-state index in [2.05, 4.69) is 5.32 Å². The highest BCUT2D eigenvalue weighted by Gasteiger charge is 2.40. The van der Waals surface area contributed by atoms with Crippen LogP contribution < -0.4 is 15.1 Å². The summed E-state index contributed by atoms with van der Waals surface area (Å²) in [7, 11) is 3.94. The highest BCUT2D eigenvalue weighted by Crippen LogP contribution is 2.34. The zero-order valence-corrected chi connectivity index (χ0v) is 18.1. The lowest BCUT2D eigenvalue weighted by Gasteiger charge is -2.16. The fourth-order valence-corrected chi connectivity index (χ4v) is 3.61. The molecule has 0 spiro atoms. The molecular formula is C26H25N3O2. The maximum atomic E-state index is 13.5. The Labute approximate surface area is 182 Å². The van der Waals surface area contributed by atoms with Crippen molar-refractivity contribution in [2.24, 2.45) is 0 Å². The summed E-state index contributed by atoms with van der Waals surface area (Å²) >= 11 is 0. The average Bonchev–Trinajstić information content (AvgIpc) is 3.00. The van der Waals surface area contributed by atoms with E-state index < -0.39 is 0 Å². The lowest BCUT2D eigenvalue weighted by molar-refractivity contribution is -0.120. The van der Waals surface area contributed by atoms with E-state index in [0.29, 0.717) is 11.3 Å². The third-order valence-corrected chi connectivity index (χ3v) is 5.55. The highest BCUT2D eigenvalue weighted by atomic mass is 16.2. The van der Waals surface area contributed by atoms with Crippen molar-refractivity contribution in [3.63, 3.8) is 0 Å². The smallest absolute Gasteiger partial charge is 0.282 e. The van der Waals surface area contributed by atoms with Gasteiger partial charge in [-0.1, -0.05) is 36.4 Å². The standard InChI is InChI=1S/C26H25N3O2/c1-17-10-11-19(16-18(17)2)23-24(27-20-12-14-21(15-13-20)28(3)4)26(31)29(25(23)30)22-8-6-5-7-9-22/h5-16,27H,1-4H3. The summed E-state index contributed by atoms with van der Waals surface area (Å²) in [6.45, 7) is 4.03. The topological polar surface area (TPSA) is 52.7 Å². The molecule has 0 unspecified atom stereocenters. The van der Waals surface area contributed by atoms with Crippen molar-refractivity contribution in [2.75, 3.05) is 29.2 Å². The van der Waals surface area contributed by atoms with Crippen LogP contribution in [0.3, 0.4) is 0 Å². The van der Waals surface area contributed by atoms with Crippen molar-refractivity contribution in [1.29, 1.82) is 0 Å². The number of benzene rings is 3. The lowest BCUT2D eigenvalue weighted by Crippen LogP contribution is -2.32. The number of amides is 2. The largest absolute Gasteiger partial charge is 0.378 e. The minimum absolute atomic E-state index is 0.287. The second-order valence-electron chi connectivity index (χ2n) is 7.90. The molecule has 0 aliphatic carbocycles. The summed E-state index contributed by atoms with van der Waals surface area (Å²) < 4.78 is 0. The summed E-state index contributed by atoms with van der Waals surface area (Å²) in [4.78, 5) is 30.1. The van der Waals surface area contributed by atoms with Crippen LogP contribution in [0.25, 0.3) is 5.57 Å². The molecule has 1 heterocycles. The molecule has 31 heavy (non-hydrogen) atoms. The Kier molecular flexibility index (Phi) is 5.34. The molecule has 0 saturated carbocycles. The van der Waals surface area contributed by atoms with Gasteiger partial charge in [-0.25, -0.2) is 4.90 Å². The number of rotatable bonds is 5. The number of anilines is 3. The number of para-hydroxylation sites is 1. The Balaban J connectivity index is 1.80. The highest BCUT2D eigenvalue weighted by molar-refractivity contribution is 6.46. The molecule has 0 saturated heterocycles. The molecule has 1 N–H and O–H groups in total. The van der Waals surface area contributed by atoms with Gasteiger partial charge in [-0.3, -0.25) is 9.59 Å². The number of hydrogen-bond acceptors (Lipinski definition) is 4. The molecular weight excluding hydrogens is 386 g/mol. The van der Waals surface area contributed by atoms with Crippen molar-refractivity contribution in [3.8, 4) is 0 Å². The maximum absolute atomic E-state index is 13.5. The summed E-state index contributed by atoms with van der Waals surface area (Å²) in [5.41, 5.74) is 5.95. The van der Waals surface area contributed by atoms with E-state index in [1.165, 1.54) is 4.90 Å². The van der Waals surface area contributed by atoms with E-state index in [-0.39, 0.29) is 17.5 Å². The monoisotopic (exact) mass is 411 g/mol. The van der Waals surface area contributed by atoms with Gasteiger partial charge in [0.25, 0.3) is 11.8 Å². The number of nitrogens with one attached hydrogen (secondary N) is 1. The van der Waals surface area contributed by atoms with Gasteiger partial charge in [0.1, 0.15) is 5.70 Å². The third-order valence-electron chi connectivity index (χ3n) is 5.55. The lowest BCUT2D eigenvalue weighted by atomic mass is 9.99. The molecule has 0 atom stereocenters. The van der Waals surface area contributed by atoms with Gasteiger partial charge in [-0.05, 0) is 66.9 Å². The Hall–Kier alpha value is -3.86. The number of carbonyl (C=O) groups is 2. The minimum atomic E-state index is -0.360. The van der Waals surface area contributed by atoms with E-state index in [1.54, 1.807) is 12.1 Å². The van der Waals surface area contributed by atoms with Crippen LogP contribution in [-0.2, 0) is 9.59 Å². The SMILES string of the molecule is Cc1ccc(C2=C(Nc3ccc(N(C)C)cc3)C(=O)N(c3ccccc3)C2=O)cc1C. The number of carbonyl (C=O) groups excluding carboxylic acids is 2. The number of aryl methyl sites for hydroxylation is 2. The fraction of sp³-hybridized carbons (Fsp3) is 0.154. The minimum Gasteiger partial charge on any atom is -0.378 e. The van der Waals surface area contributed by atoms with E-state index in [0.717, 1.165) is 28.1 Å². The van der Waals surface area contributed by atoms with Crippen LogP contribution in [0.2, 0.25) is 0 Å². The maximum Gasteiger partial charge on any atom is 0.282 e. The first kappa shape index (κ1) is 20.4. The Morgan fingerprint density at radius 1 is 0.774 bits per heavy atom. The molecule has 1 aliphatic heterocycles. The first-order valence-corrected chi connectivity index (χ1v) is 10.2. The molecule has 5 heteroatoms. The zero-order chi connectivity index (χ0) is 22.1. The van der Waals surface area contributed by atoms with E-state index in [9.17, 15) is 9.59 Å². The van der Waals surface area contributed by atoms with Crippen LogP contribution in [-0.4, -0.2) is 25.9 Å². The zero-order valence-electron chi connectivity index (χ0n) is 18.1. The molecule has 0 radical (unpaired) electrons. The Morgan fingerprint density at radius 2 is 1.45 bits per heavy atom. The van der Waals surface area contributed by atoms with Gasteiger partial charge in [0, 0.05) is 25.5 Å². The number of imide groups is 1. The Bertz CT molecular complexity index is 1180. The summed E-state index contributed by atoms with van der Waals surface area (Å²) in [6.07, 6.45) is 0. The number of nitrogens with zero attached hydrogens (tertiary/aromatic N) is 2. The van der Waals surface area contributed by atoms with Crippen LogP contribution in [0.1, 0.15) is 16.7 Å². The van der Waals surface area contributed by atoms with Crippen molar-refractivity contribution in [2.45, 2.75) is 13.8 Å². The molecule has 4 rings (SSSR count). The van der Waals surface area contributed by atoms with Crippen LogP contribution in [0.4, 0.5) is 17.1 Å². The third kappa shape index (κ3) is 3.82. The van der Waals surface area contributed by atoms with Gasteiger partial charge in [0.15, 0.2) is 0 Å². The molecule has 156 valence electrons. The predicted molar refractivity (Wildman–Crippen MR) is 126 cm³/mol. The number of hydrogen-bond donors (Lipinski definition) is 1. The summed E-state index contributed by atoms with van der Waals surface area (Å²) in [5.74, 6) is -0.687. The first-order valence-electron chi connectivity index (χ1n) is 10.2.